The van der Waals surface area contributed by atoms with Crippen LogP contribution in [0.4, 0.5) is 11.4 Å². The number of halogens is 1. The lowest BCUT2D eigenvalue weighted by Gasteiger charge is -2.34. The van der Waals surface area contributed by atoms with Gasteiger partial charge in [0.25, 0.3) is 0 Å². The molecule has 1 aliphatic heterocycles. The molecule has 0 radical (unpaired) electrons. The summed E-state index contributed by atoms with van der Waals surface area (Å²) in [4.78, 5) is 2.36. The molecule has 0 aromatic heterocycles. The van der Waals surface area contributed by atoms with E-state index in [1.807, 2.05) is 18.2 Å². The van der Waals surface area contributed by atoms with Crippen molar-refractivity contribution < 1.29 is 10.2 Å². The van der Waals surface area contributed by atoms with Crippen LogP contribution < -0.4 is 10.2 Å². The molecule has 5 heteroatoms. The van der Waals surface area contributed by atoms with E-state index in [2.05, 4.69) is 17.1 Å². The highest BCUT2D eigenvalue weighted by atomic mass is 35.5. The van der Waals surface area contributed by atoms with E-state index in [1.165, 1.54) is 12.8 Å². The topological polar surface area (TPSA) is 55.7 Å². The summed E-state index contributed by atoms with van der Waals surface area (Å²) in [6.07, 6.45) is 1.71. The quantitative estimate of drug-likeness (QED) is 0.781. The largest absolute Gasteiger partial charge is 0.394 e. The number of nitrogens with zero attached hydrogens (tertiary/aromatic N) is 1. The third kappa shape index (κ3) is 4.01. The molecule has 0 bridgehead atoms. The van der Waals surface area contributed by atoms with Gasteiger partial charge in [-0.2, -0.15) is 0 Å². The van der Waals surface area contributed by atoms with Crippen LogP contribution in [0.2, 0.25) is 5.02 Å². The highest BCUT2D eigenvalue weighted by molar-refractivity contribution is 6.31. The van der Waals surface area contributed by atoms with Gasteiger partial charge < -0.3 is 20.4 Å². The Kier molecular flexibility index (Phi) is 5.52. The van der Waals surface area contributed by atoms with Crippen LogP contribution in [-0.4, -0.2) is 42.6 Å². The smallest absolute Gasteiger partial charge is 0.0942 e. The van der Waals surface area contributed by atoms with Gasteiger partial charge in [0.1, 0.15) is 0 Å². The second kappa shape index (κ2) is 7.16. The number of piperidine rings is 1. The van der Waals surface area contributed by atoms with Gasteiger partial charge in [0.05, 0.1) is 24.1 Å². The van der Waals surface area contributed by atoms with Gasteiger partial charge in [-0.1, -0.05) is 18.5 Å². The summed E-state index contributed by atoms with van der Waals surface area (Å²) >= 11 is 6.06. The van der Waals surface area contributed by atoms with Crippen molar-refractivity contribution in [1.82, 2.24) is 0 Å². The molecule has 1 heterocycles. The van der Waals surface area contributed by atoms with Crippen LogP contribution in [0, 0.1) is 5.92 Å². The van der Waals surface area contributed by atoms with Gasteiger partial charge in [0.2, 0.25) is 0 Å². The second-order valence-electron chi connectivity index (χ2n) is 5.57. The maximum absolute atomic E-state index is 9.47. The molecule has 1 aromatic carbocycles. The van der Waals surface area contributed by atoms with Crippen molar-refractivity contribution in [1.29, 1.82) is 0 Å². The minimum absolute atomic E-state index is 0.246. The molecule has 1 fully saturated rings. The predicted octanol–water partition coefficient (Wildman–Crippen LogP) is 2.34. The minimum Gasteiger partial charge on any atom is -0.394 e. The molecule has 2 unspecified atom stereocenters. The Bertz CT molecular complexity index is 442. The first-order chi connectivity index (χ1) is 9.60. The van der Waals surface area contributed by atoms with Crippen LogP contribution in [0.1, 0.15) is 19.8 Å². The molecule has 0 saturated carbocycles. The molecule has 0 amide bonds. The molecule has 112 valence electrons. The summed E-state index contributed by atoms with van der Waals surface area (Å²) in [7, 11) is 0. The van der Waals surface area contributed by atoms with Crippen LogP contribution in [0.5, 0.6) is 0 Å². The Balaban J connectivity index is 2.14. The van der Waals surface area contributed by atoms with Crippen LogP contribution in [0.15, 0.2) is 18.2 Å². The third-order valence-corrected chi connectivity index (χ3v) is 3.93. The Morgan fingerprint density at radius 1 is 1.50 bits per heavy atom. The SMILES string of the molecule is CC1CCCN(c2ccc(Cl)cc2NCC(O)CO)C1. The molecule has 3 N–H and O–H groups in total. The number of hydrogen-bond acceptors (Lipinski definition) is 4. The van der Waals surface area contributed by atoms with Crippen LogP contribution in [-0.2, 0) is 0 Å². The Morgan fingerprint density at radius 2 is 2.30 bits per heavy atom. The Labute approximate surface area is 125 Å². The van der Waals surface area contributed by atoms with Crippen molar-refractivity contribution in [3.05, 3.63) is 23.2 Å². The van der Waals surface area contributed by atoms with Crippen molar-refractivity contribution in [2.45, 2.75) is 25.9 Å². The molecule has 0 spiro atoms. The zero-order chi connectivity index (χ0) is 14.5. The number of aliphatic hydroxyl groups is 2. The van der Waals surface area contributed by atoms with Crippen LogP contribution in [0.3, 0.4) is 0 Å². The van der Waals surface area contributed by atoms with E-state index in [-0.39, 0.29) is 6.61 Å². The first-order valence-electron chi connectivity index (χ1n) is 7.17. The Morgan fingerprint density at radius 3 is 3.00 bits per heavy atom. The van der Waals surface area contributed by atoms with Crippen molar-refractivity contribution in [3.63, 3.8) is 0 Å². The molecule has 1 saturated heterocycles. The van der Waals surface area contributed by atoms with E-state index in [9.17, 15) is 5.11 Å². The number of hydrogen-bond donors (Lipinski definition) is 3. The third-order valence-electron chi connectivity index (χ3n) is 3.70. The van der Waals surface area contributed by atoms with E-state index in [0.29, 0.717) is 17.5 Å². The molecule has 2 rings (SSSR count). The number of nitrogens with one attached hydrogen (secondary N) is 1. The van der Waals surface area contributed by atoms with E-state index < -0.39 is 6.10 Å². The summed E-state index contributed by atoms with van der Waals surface area (Å²) in [6.45, 7) is 4.42. The van der Waals surface area contributed by atoms with Crippen molar-refractivity contribution >= 4 is 23.0 Å². The predicted molar refractivity (Wildman–Crippen MR) is 83.6 cm³/mol. The lowest BCUT2D eigenvalue weighted by atomic mass is 9.99. The molecule has 0 aliphatic carbocycles. The van der Waals surface area contributed by atoms with Gasteiger partial charge in [-0.25, -0.2) is 0 Å². The van der Waals surface area contributed by atoms with Crippen molar-refractivity contribution in [2.75, 3.05) is 36.5 Å². The lowest BCUT2D eigenvalue weighted by molar-refractivity contribution is 0.105. The van der Waals surface area contributed by atoms with Gasteiger partial charge in [-0.3, -0.25) is 0 Å². The fourth-order valence-corrected chi connectivity index (χ4v) is 2.80. The van der Waals surface area contributed by atoms with E-state index in [0.717, 1.165) is 24.5 Å². The van der Waals surface area contributed by atoms with E-state index in [4.69, 9.17) is 16.7 Å². The number of benzene rings is 1. The molecule has 1 aliphatic rings. The zero-order valence-electron chi connectivity index (χ0n) is 11.8. The number of rotatable bonds is 5. The fraction of sp³-hybridized carbons (Fsp3) is 0.600. The van der Waals surface area contributed by atoms with Crippen LogP contribution in [0.25, 0.3) is 0 Å². The van der Waals surface area contributed by atoms with E-state index in [1.54, 1.807) is 0 Å². The van der Waals surface area contributed by atoms with Gasteiger partial charge >= 0.3 is 0 Å². The van der Waals surface area contributed by atoms with Crippen molar-refractivity contribution in [3.8, 4) is 0 Å². The molecule has 4 nitrogen and oxygen atoms in total. The highest BCUT2D eigenvalue weighted by Crippen LogP contribution is 2.32. The van der Waals surface area contributed by atoms with Gasteiger partial charge in [-0.05, 0) is 37.0 Å². The maximum atomic E-state index is 9.47. The highest BCUT2D eigenvalue weighted by Gasteiger charge is 2.19. The molecular formula is C15H23ClN2O2. The van der Waals surface area contributed by atoms with Gasteiger partial charge in [-0.15, -0.1) is 0 Å². The first-order valence-corrected chi connectivity index (χ1v) is 7.55. The van der Waals surface area contributed by atoms with Gasteiger partial charge in [0.15, 0.2) is 0 Å². The number of aliphatic hydroxyl groups excluding tert-OH is 2. The van der Waals surface area contributed by atoms with Crippen LogP contribution >= 0.6 is 11.6 Å². The fourth-order valence-electron chi connectivity index (χ4n) is 2.63. The monoisotopic (exact) mass is 298 g/mol. The zero-order valence-corrected chi connectivity index (χ0v) is 12.6. The maximum Gasteiger partial charge on any atom is 0.0942 e. The van der Waals surface area contributed by atoms with E-state index >= 15 is 0 Å². The molecular weight excluding hydrogens is 276 g/mol. The molecule has 1 aromatic rings. The van der Waals surface area contributed by atoms with Gasteiger partial charge in [0, 0.05) is 24.7 Å². The summed E-state index contributed by atoms with van der Waals surface area (Å²) in [5.74, 6) is 0.690. The normalized spacial score (nSPS) is 20.8. The average molecular weight is 299 g/mol. The average Bonchev–Trinajstić information content (AvgIpc) is 2.44. The first kappa shape index (κ1) is 15.4. The second-order valence-corrected chi connectivity index (χ2v) is 6.01. The Hall–Kier alpha value is -0.970. The summed E-state index contributed by atoms with van der Waals surface area (Å²) in [5, 5.41) is 22.2. The van der Waals surface area contributed by atoms with Crippen molar-refractivity contribution in [2.24, 2.45) is 5.92 Å². The number of anilines is 2. The minimum atomic E-state index is -0.762. The standard InChI is InChI=1S/C15H23ClN2O2/c1-11-3-2-6-18(9-11)15-5-4-12(16)7-14(15)17-8-13(20)10-19/h4-5,7,11,13,17,19-20H,2-3,6,8-10H2,1H3. The summed E-state index contributed by atoms with van der Waals surface area (Å²) < 4.78 is 0. The molecule has 20 heavy (non-hydrogen) atoms. The molecule has 2 atom stereocenters. The lowest BCUT2D eigenvalue weighted by Crippen LogP contribution is -2.35. The summed E-state index contributed by atoms with van der Waals surface area (Å²) in [6, 6.07) is 5.79. The summed E-state index contributed by atoms with van der Waals surface area (Å²) in [5.41, 5.74) is 2.03.